The number of unbranched alkanes of at least 4 members (excludes halogenated alkanes) is 1. The zero-order chi connectivity index (χ0) is 22.1. The first kappa shape index (κ1) is 21.7. The van der Waals surface area contributed by atoms with Crippen LogP contribution in [-0.2, 0) is 14.3 Å². The fourth-order valence-corrected chi connectivity index (χ4v) is 4.62. The van der Waals surface area contributed by atoms with E-state index in [1.54, 1.807) is 30.0 Å². The molecule has 0 aliphatic carbocycles. The molecule has 6 nitrogen and oxygen atoms in total. The SMILES string of the molecule is CCCCN1C(=O)[C@@H](C(=O)OCC)[C@H](c2ccc(Cl)cc2Cl)n2c1nc1ccccc12. The van der Waals surface area contributed by atoms with Gasteiger partial charge >= 0.3 is 5.97 Å². The molecule has 0 saturated carbocycles. The molecule has 0 N–H and O–H groups in total. The Morgan fingerprint density at radius 1 is 1.16 bits per heavy atom. The van der Waals surface area contributed by atoms with Crippen LogP contribution in [0.4, 0.5) is 5.95 Å². The highest BCUT2D eigenvalue weighted by atomic mass is 35.5. The van der Waals surface area contributed by atoms with Crippen molar-refractivity contribution in [2.24, 2.45) is 5.92 Å². The zero-order valence-electron chi connectivity index (χ0n) is 17.3. The molecule has 31 heavy (non-hydrogen) atoms. The highest BCUT2D eigenvalue weighted by Crippen LogP contribution is 2.43. The second kappa shape index (κ2) is 8.89. The van der Waals surface area contributed by atoms with Gasteiger partial charge < -0.3 is 9.30 Å². The quantitative estimate of drug-likeness (QED) is 0.372. The monoisotopic (exact) mass is 459 g/mol. The molecule has 8 heteroatoms. The molecule has 0 radical (unpaired) electrons. The van der Waals surface area contributed by atoms with Crippen molar-refractivity contribution in [3.63, 3.8) is 0 Å². The van der Waals surface area contributed by atoms with Crippen molar-refractivity contribution in [2.75, 3.05) is 18.1 Å². The highest BCUT2D eigenvalue weighted by molar-refractivity contribution is 6.35. The molecule has 0 fully saturated rings. The van der Waals surface area contributed by atoms with Crippen LogP contribution in [0.3, 0.4) is 0 Å². The molecule has 2 atom stereocenters. The molecule has 0 spiro atoms. The smallest absolute Gasteiger partial charge is 0.321 e. The molecule has 1 aliphatic heterocycles. The third-order valence-electron chi connectivity index (χ3n) is 5.50. The van der Waals surface area contributed by atoms with Crippen molar-refractivity contribution in [3.8, 4) is 0 Å². The van der Waals surface area contributed by atoms with E-state index in [4.69, 9.17) is 32.9 Å². The molecule has 4 rings (SSSR count). The average Bonchev–Trinajstić information content (AvgIpc) is 3.12. The number of ether oxygens (including phenoxy) is 1. The van der Waals surface area contributed by atoms with Gasteiger partial charge in [0.05, 0.1) is 23.7 Å². The number of hydrogen-bond donors (Lipinski definition) is 0. The maximum absolute atomic E-state index is 13.7. The van der Waals surface area contributed by atoms with Crippen LogP contribution in [0.25, 0.3) is 11.0 Å². The fourth-order valence-electron chi connectivity index (χ4n) is 4.10. The van der Waals surface area contributed by atoms with Crippen molar-refractivity contribution >= 4 is 52.1 Å². The Morgan fingerprint density at radius 2 is 1.94 bits per heavy atom. The van der Waals surface area contributed by atoms with Gasteiger partial charge in [0.25, 0.3) is 0 Å². The first-order chi connectivity index (χ1) is 15.0. The first-order valence-electron chi connectivity index (χ1n) is 10.4. The van der Waals surface area contributed by atoms with Gasteiger partial charge in [-0.05, 0) is 43.2 Å². The minimum Gasteiger partial charge on any atom is -0.465 e. The molecule has 1 aliphatic rings. The number of esters is 1. The lowest BCUT2D eigenvalue weighted by molar-refractivity contribution is -0.153. The number of nitrogens with zero attached hydrogens (tertiary/aromatic N) is 3. The van der Waals surface area contributed by atoms with Crippen molar-refractivity contribution in [1.82, 2.24) is 9.55 Å². The predicted molar refractivity (Wildman–Crippen MR) is 122 cm³/mol. The lowest BCUT2D eigenvalue weighted by atomic mass is 9.89. The van der Waals surface area contributed by atoms with E-state index < -0.39 is 17.9 Å². The number of carbonyl (C=O) groups is 2. The van der Waals surface area contributed by atoms with Crippen LogP contribution in [0.15, 0.2) is 42.5 Å². The molecular formula is C23H23Cl2N3O3. The first-order valence-corrected chi connectivity index (χ1v) is 11.1. The van der Waals surface area contributed by atoms with Crippen LogP contribution >= 0.6 is 23.2 Å². The van der Waals surface area contributed by atoms with Gasteiger partial charge in [-0.25, -0.2) is 4.98 Å². The predicted octanol–water partition coefficient (Wildman–Crippen LogP) is 5.26. The van der Waals surface area contributed by atoms with Crippen LogP contribution in [0.1, 0.15) is 38.3 Å². The van der Waals surface area contributed by atoms with Gasteiger partial charge in [0.15, 0.2) is 5.92 Å². The van der Waals surface area contributed by atoms with Gasteiger partial charge in [-0.3, -0.25) is 14.5 Å². The number of para-hydroxylation sites is 2. The van der Waals surface area contributed by atoms with Gasteiger partial charge in [-0.2, -0.15) is 0 Å². The normalized spacial score (nSPS) is 18.3. The Kier molecular flexibility index (Phi) is 6.21. The molecule has 3 aromatic rings. The Hall–Kier alpha value is -2.57. The summed E-state index contributed by atoms with van der Waals surface area (Å²) in [5.41, 5.74) is 2.18. The number of halogens is 2. The topological polar surface area (TPSA) is 64.4 Å². The molecule has 1 amide bonds. The lowest BCUT2D eigenvalue weighted by Crippen LogP contribution is -2.50. The summed E-state index contributed by atoms with van der Waals surface area (Å²) < 4.78 is 7.27. The maximum Gasteiger partial charge on any atom is 0.321 e. The second-order valence-electron chi connectivity index (χ2n) is 7.45. The molecular weight excluding hydrogens is 437 g/mol. The minimum atomic E-state index is -1.08. The number of rotatable bonds is 6. The molecule has 2 heterocycles. The summed E-state index contributed by atoms with van der Waals surface area (Å²) >= 11 is 12.7. The summed E-state index contributed by atoms with van der Waals surface area (Å²) in [6.07, 6.45) is 1.69. The van der Waals surface area contributed by atoms with E-state index in [-0.39, 0.29) is 12.5 Å². The molecule has 0 saturated heterocycles. The number of aromatic nitrogens is 2. The summed E-state index contributed by atoms with van der Waals surface area (Å²) in [6.45, 7) is 4.42. The number of anilines is 1. The summed E-state index contributed by atoms with van der Waals surface area (Å²) in [4.78, 5) is 33.1. The Bertz CT molecular complexity index is 1140. The van der Waals surface area contributed by atoms with E-state index in [2.05, 4.69) is 6.92 Å². The fraction of sp³-hybridized carbons (Fsp3) is 0.348. The van der Waals surface area contributed by atoms with Crippen molar-refractivity contribution < 1.29 is 14.3 Å². The van der Waals surface area contributed by atoms with Crippen LogP contribution in [0, 0.1) is 5.92 Å². The van der Waals surface area contributed by atoms with Crippen molar-refractivity contribution in [3.05, 3.63) is 58.1 Å². The number of imidazole rings is 1. The second-order valence-corrected chi connectivity index (χ2v) is 8.30. The summed E-state index contributed by atoms with van der Waals surface area (Å²) in [5.74, 6) is -1.48. The maximum atomic E-state index is 13.7. The summed E-state index contributed by atoms with van der Waals surface area (Å²) in [7, 11) is 0. The Labute approximate surface area is 190 Å². The number of fused-ring (bicyclic) bond motifs is 3. The standard InChI is InChI=1S/C23H23Cl2N3O3/c1-3-5-12-27-21(29)19(22(30)31-4-2)20(15-11-10-14(24)13-16(15)25)28-18-9-7-6-8-17(18)26-23(27)28/h6-11,13,19-20H,3-5,12H2,1-2H3/t19-,20-/m0/s1. The molecule has 0 unspecified atom stereocenters. The zero-order valence-corrected chi connectivity index (χ0v) is 18.9. The van der Waals surface area contributed by atoms with E-state index in [9.17, 15) is 9.59 Å². The highest BCUT2D eigenvalue weighted by Gasteiger charge is 2.48. The third kappa shape index (κ3) is 3.79. The lowest BCUT2D eigenvalue weighted by Gasteiger charge is -2.38. The van der Waals surface area contributed by atoms with Gasteiger partial charge in [0, 0.05) is 16.6 Å². The number of amides is 1. The largest absolute Gasteiger partial charge is 0.465 e. The molecule has 2 aromatic carbocycles. The van der Waals surface area contributed by atoms with E-state index in [1.165, 1.54) is 0 Å². The van der Waals surface area contributed by atoms with Crippen LogP contribution < -0.4 is 4.90 Å². The molecule has 0 bridgehead atoms. The number of hydrogen-bond acceptors (Lipinski definition) is 4. The van der Waals surface area contributed by atoms with Gasteiger partial charge in [0.2, 0.25) is 11.9 Å². The summed E-state index contributed by atoms with van der Waals surface area (Å²) in [6, 6.07) is 12.0. The molecule has 1 aromatic heterocycles. The van der Waals surface area contributed by atoms with Gasteiger partial charge in [-0.15, -0.1) is 0 Å². The molecule has 162 valence electrons. The summed E-state index contributed by atoms with van der Waals surface area (Å²) in [5, 5.41) is 0.856. The van der Waals surface area contributed by atoms with E-state index in [0.717, 1.165) is 23.9 Å². The van der Waals surface area contributed by atoms with E-state index >= 15 is 0 Å². The van der Waals surface area contributed by atoms with Crippen LogP contribution in [0.2, 0.25) is 10.0 Å². The average molecular weight is 460 g/mol. The third-order valence-corrected chi connectivity index (χ3v) is 6.06. The van der Waals surface area contributed by atoms with Crippen LogP contribution in [-0.4, -0.2) is 34.6 Å². The number of benzene rings is 2. The van der Waals surface area contributed by atoms with Crippen LogP contribution in [0.5, 0.6) is 0 Å². The Morgan fingerprint density at radius 3 is 2.65 bits per heavy atom. The van der Waals surface area contributed by atoms with Gasteiger partial charge in [0.1, 0.15) is 0 Å². The van der Waals surface area contributed by atoms with E-state index in [0.29, 0.717) is 28.1 Å². The van der Waals surface area contributed by atoms with E-state index in [1.807, 2.05) is 28.8 Å². The Balaban J connectivity index is 2.00. The number of carbonyl (C=O) groups excluding carboxylic acids is 2. The minimum absolute atomic E-state index is 0.177. The van der Waals surface area contributed by atoms with Crippen molar-refractivity contribution in [2.45, 2.75) is 32.7 Å². The van der Waals surface area contributed by atoms with Gasteiger partial charge in [-0.1, -0.05) is 54.7 Å². The van der Waals surface area contributed by atoms with Crippen molar-refractivity contribution in [1.29, 1.82) is 0 Å².